The van der Waals surface area contributed by atoms with E-state index in [-0.39, 0.29) is 11.6 Å². The number of aromatic amines is 1. The second kappa shape index (κ2) is 6.01. The third-order valence-corrected chi connectivity index (χ3v) is 9.14. The van der Waals surface area contributed by atoms with Crippen molar-refractivity contribution in [2.45, 2.75) is 57.8 Å². The lowest BCUT2D eigenvalue weighted by atomic mass is 10.2. The van der Waals surface area contributed by atoms with Crippen LogP contribution >= 0.6 is 0 Å². The molecule has 1 N–H and O–H groups in total. The average molecular weight is 342 g/mol. The van der Waals surface area contributed by atoms with Crippen molar-refractivity contribution in [1.82, 2.24) is 9.55 Å². The Labute approximate surface area is 136 Å². The number of rotatable bonds is 4. The molecule has 130 valence electrons. The third kappa shape index (κ3) is 3.82. The number of ether oxygens (including phenoxy) is 2. The number of hydrogen-bond acceptors (Lipinski definition) is 5. The van der Waals surface area contributed by atoms with Gasteiger partial charge in [0, 0.05) is 12.3 Å². The van der Waals surface area contributed by atoms with Crippen molar-refractivity contribution in [1.29, 1.82) is 0 Å². The minimum atomic E-state index is -1.89. The number of hydrogen-bond donors (Lipinski definition) is 1. The Morgan fingerprint density at radius 1 is 1.43 bits per heavy atom. The zero-order valence-electron chi connectivity index (χ0n) is 14.6. The molecule has 1 aliphatic rings. The Kier molecular flexibility index (Phi) is 4.73. The van der Waals surface area contributed by atoms with E-state index < -0.39 is 31.6 Å². The lowest BCUT2D eigenvalue weighted by Gasteiger charge is -2.36. The first-order chi connectivity index (χ1) is 10.4. The molecule has 8 heteroatoms. The average Bonchev–Trinajstić information content (AvgIpc) is 2.78. The van der Waals surface area contributed by atoms with E-state index in [1.54, 1.807) is 6.92 Å². The summed E-state index contributed by atoms with van der Waals surface area (Å²) in [4.78, 5) is 25.3. The summed E-state index contributed by atoms with van der Waals surface area (Å²) in [6, 6.07) is 1.29. The molecule has 1 saturated heterocycles. The first kappa shape index (κ1) is 18.1. The van der Waals surface area contributed by atoms with E-state index in [9.17, 15) is 9.59 Å². The monoisotopic (exact) mass is 342 g/mol. The molecule has 0 saturated carbocycles. The van der Waals surface area contributed by atoms with Gasteiger partial charge in [-0.2, -0.15) is 0 Å². The topological polar surface area (TPSA) is 82.5 Å². The quantitative estimate of drug-likeness (QED) is 0.841. The van der Waals surface area contributed by atoms with Crippen molar-refractivity contribution in [2.24, 2.45) is 0 Å². The van der Waals surface area contributed by atoms with Gasteiger partial charge in [-0.3, -0.25) is 14.3 Å². The summed E-state index contributed by atoms with van der Waals surface area (Å²) in [6.07, 6.45) is 0.884. The lowest BCUT2D eigenvalue weighted by molar-refractivity contribution is -0.131. The summed E-state index contributed by atoms with van der Waals surface area (Å²) >= 11 is 0. The highest BCUT2D eigenvalue weighted by molar-refractivity contribution is 6.74. The lowest BCUT2D eigenvalue weighted by Crippen LogP contribution is -2.45. The molecule has 1 aromatic heterocycles. The third-order valence-electron chi connectivity index (χ3n) is 4.64. The first-order valence-electron chi connectivity index (χ1n) is 7.70. The Bertz CT molecular complexity index is 675. The molecule has 7 nitrogen and oxygen atoms in total. The smallest absolute Gasteiger partial charge is 0.330 e. The van der Waals surface area contributed by atoms with Crippen LogP contribution in [0.3, 0.4) is 0 Å². The fourth-order valence-electron chi connectivity index (χ4n) is 2.09. The molecule has 0 bridgehead atoms. The molecule has 0 unspecified atom stereocenters. The number of nitrogens with one attached hydrogen (secondary N) is 1. The van der Waals surface area contributed by atoms with Crippen molar-refractivity contribution in [3.05, 3.63) is 33.1 Å². The maximum absolute atomic E-state index is 11.9. The molecule has 2 heterocycles. The SMILES string of the molecule is CC(C)(C)[Si](C)(C)OC[C@@H]1OC[C@](C)(n2ccc(=O)[nH]c2=O)O1. The van der Waals surface area contributed by atoms with Crippen molar-refractivity contribution in [3.8, 4) is 0 Å². The molecule has 23 heavy (non-hydrogen) atoms. The zero-order chi connectivity index (χ0) is 17.5. The summed E-state index contributed by atoms with van der Waals surface area (Å²) in [5.74, 6) is 0. The predicted molar refractivity (Wildman–Crippen MR) is 88.9 cm³/mol. The van der Waals surface area contributed by atoms with Gasteiger partial charge in [-0.15, -0.1) is 0 Å². The number of nitrogens with zero attached hydrogens (tertiary/aromatic N) is 1. The first-order valence-corrected chi connectivity index (χ1v) is 10.6. The molecular formula is C15H26N2O5Si. The Balaban J connectivity index is 2.06. The molecular weight excluding hydrogens is 316 g/mol. The summed E-state index contributed by atoms with van der Waals surface area (Å²) in [7, 11) is -1.89. The van der Waals surface area contributed by atoms with E-state index in [4.69, 9.17) is 13.9 Å². The maximum Gasteiger partial charge on any atom is 0.330 e. The van der Waals surface area contributed by atoms with Gasteiger partial charge in [0.1, 0.15) is 0 Å². The second-order valence-corrected chi connectivity index (χ2v) is 12.4. The molecule has 0 aromatic carbocycles. The Hall–Kier alpha value is -1.22. The summed E-state index contributed by atoms with van der Waals surface area (Å²) < 4.78 is 19.0. The van der Waals surface area contributed by atoms with Gasteiger partial charge < -0.3 is 13.9 Å². The second-order valence-electron chi connectivity index (χ2n) is 7.58. The van der Waals surface area contributed by atoms with Crippen LogP contribution < -0.4 is 11.2 Å². The van der Waals surface area contributed by atoms with Gasteiger partial charge >= 0.3 is 5.69 Å². The molecule has 2 rings (SSSR count). The van der Waals surface area contributed by atoms with Crippen molar-refractivity contribution >= 4 is 8.32 Å². The van der Waals surface area contributed by atoms with Crippen LogP contribution in [-0.2, 0) is 19.6 Å². The molecule has 2 atom stereocenters. The van der Waals surface area contributed by atoms with Crippen LogP contribution in [0.1, 0.15) is 27.7 Å². The van der Waals surface area contributed by atoms with Crippen LogP contribution in [0.25, 0.3) is 0 Å². The van der Waals surface area contributed by atoms with E-state index in [0.29, 0.717) is 6.61 Å². The van der Waals surface area contributed by atoms with Crippen LogP contribution in [0.5, 0.6) is 0 Å². The van der Waals surface area contributed by atoms with Crippen molar-refractivity contribution < 1.29 is 13.9 Å². The van der Waals surface area contributed by atoms with Gasteiger partial charge in [0.2, 0.25) is 0 Å². The largest absolute Gasteiger partial charge is 0.412 e. The van der Waals surface area contributed by atoms with Crippen LogP contribution in [0.15, 0.2) is 21.9 Å². The van der Waals surface area contributed by atoms with Crippen LogP contribution in [0, 0.1) is 0 Å². The fourth-order valence-corrected chi connectivity index (χ4v) is 3.08. The van der Waals surface area contributed by atoms with Crippen LogP contribution in [0.4, 0.5) is 0 Å². The molecule has 0 spiro atoms. The van der Waals surface area contributed by atoms with E-state index in [1.807, 2.05) is 0 Å². The molecule has 1 aliphatic heterocycles. The molecule has 0 radical (unpaired) electrons. The summed E-state index contributed by atoms with van der Waals surface area (Å²) in [5, 5.41) is 0.102. The van der Waals surface area contributed by atoms with Crippen LogP contribution in [-0.4, -0.2) is 37.4 Å². The normalized spacial score (nSPS) is 25.7. The van der Waals surface area contributed by atoms with E-state index in [1.165, 1.54) is 16.8 Å². The molecule has 1 aromatic rings. The Morgan fingerprint density at radius 3 is 2.65 bits per heavy atom. The molecule has 1 fully saturated rings. The summed E-state index contributed by atoms with van der Waals surface area (Å²) in [5.41, 5.74) is -1.91. The Morgan fingerprint density at radius 2 is 2.09 bits per heavy atom. The summed E-state index contributed by atoms with van der Waals surface area (Å²) in [6.45, 7) is 13.1. The van der Waals surface area contributed by atoms with Gasteiger partial charge in [0.15, 0.2) is 20.3 Å². The van der Waals surface area contributed by atoms with Gasteiger partial charge in [-0.1, -0.05) is 20.8 Å². The van der Waals surface area contributed by atoms with Crippen molar-refractivity contribution in [2.75, 3.05) is 13.2 Å². The zero-order valence-corrected chi connectivity index (χ0v) is 15.6. The molecule has 0 aliphatic carbocycles. The minimum Gasteiger partial charge on any atom is -0.412 e. The molecule has 0 amide bonds. The van der Waals surface area contributed by atoms with E-state index in [0.717, 1.165) is 0 Å². The van der Waals surface area contributed by atoms with Gasteiger partial charge in [0.05, 0.1) is 13.2 Å². The number of H-pyrrole nitrogens is 1. The van der Waals surface area contributed by atoms with Gasteiger partial charge in [-0.05, 0) is 25.1 Å². The maximum atomic E-state index is 11.9. The minimum absolute atomic E-state index is 0.102. The van der Waals surface area contributed by atoms with E-state index >= 15 is 0 Å². The highest BCUT2D eigenvalue weighted by Gasteiger charge is 2.42. The standard InChI is InChI=1S/C15H26N2O5Si/c1-14(2,3)23(5,6)21-9-12-20-10-15(4,22-12)17-8-7-11(18)16-13(17)19/h7-8,12H,9-10H2,1-6H3,(H,16,18,19)/t12-,15-/m1/s1. The van der Waals surface area contributed by atoms with E-state index in [2.05, 4.69) is 38.8 Å². The fraction of sp³-hybridized carbons (Fsp3) is 0.733. The van der Waals surface area contributed by atoms with Crippen molar-refractivity contribution in [3.63, 3.8) is 0 Å². The predicted octanol–water partition coefficient (Wildman–Crippen LogP) is 1.60. The highest BCUT2D eigenvalue weighted by Crippen LogP contribution is 2.37. The van der Waals surface area contributed by atoms with Gasteiger partial charge in [0.25, 0.3) is 5.56 Å². The van der Waals surface area contributed by atoms with Gasteiger partial charge in [-0.25, -0.2) is 4.79 Å². The number of aromatic nitrogens is 2. The highest BCUT2D eigenvalue weighted by atomic mass is 28.4. The van der Waals surface area contributed by atoms with Crippen LogP contribution in [0.2, 0.25) is 18.1 Å².